The van der Waals surface area contributed by atoms with Gasteiger partial charge in [0.05, 0.1) is 0 Å². The highest BCUT2D eigenvalue weighted by atomic mass is 16.2. The third-order valence-electron chi connectivity index (χ3n) is 9.40. The van der Waals surface area contributed by atoms with Gasteiger partial charge in [0.2, 0.25) is 5.91 Å². The minimum atomic E-state index is -0.0528. The van der Waals surface area contributed by atoms with E-state index in [-0.39, 0.29) is 10.8 Å². The van der Waals surface area contributed by atoms with E-state index >= 15 is 0 Å². The van der Waals surface area contributed by atoms with Crippen molar-refractivity contribution < 1.29 is 9.59 Å². The zero-order valence-corrected chi connectivity index (χ0v) is 17.6. The molecule has 2 saturated carbocycles. The molecule has 0 aromatic rings. The molecule has 1 amide bonds. The molecule has 5 aliphatic rings. The van der Waals surface area contributed by atoms with Crippen molar-refractivity contribution in [2.45, 2.75) is 78.1 Å². The van der Waals surface area contributed by atoms with E-state index in [9.17, 15) is 9.59 Å². The first-order valence-electron chi connectivity index (χ1n) is 11.7. The van der Waals surface area contributed by atoms with Crippen LogP contribution in [0.1, 0.15) is 78.1 Å². The molecule has 3 nitrogen and oxygen atoms in total. The van der Waals surface area contributed by atoms with Gasteiger partial charge in [0.15, 0.2) is 0 Å². The van der Waals surface area contributed by atoms with Crippen molar-refractivity contribution in [3.8, 4) is 0 Å². The molecule has 0 spiro atoms. The first kappa shape index (κ1) is 18.6. The van der Waals surface area contributed by atoms with Crippen LogP contribution in [-0.2, 0) is 9.59 Å². The van der Waals surface area contributed by atoms with Gasteiger partial charge >= 0.3 is 0 Å². The monoisotopic (exact) mass is 381 g/mol. The van der Waals surface area contributed by atoms with Crippen LogP contribution in [-0.4, -0.2) is 29.7 Å². The smallest absolute Gasteiger partial charge is 0.249 e. The Bertz CT molecular complexity index is 759. The fourth-order valence-electron chi connectivity index (χ4n) is 7.57. The second-order valence-corrected chi connectivity index (χ2v) is 10.6. The molecule has 0 bridgehead atoms. The Balaban J connectivity index is 1.41. The van der Waals surface area contributed by atoms with Crippen LogP contribution in [0.4, 0.5) is 0 Å². The Labute approximate surface area is 169 Å². The predicted octanol–water partition coefficient (Wildman–Crippen LogP) is 5.07. The van der Waals surface area contributed by atoms with Crippen LogP contribution in [0.5, 0.6) is 0 Å². The zero-order chi connectivity index (χ0) is 19.5. The minimum Gasteiger partial charge on any atom is -0.339 e. The topological polar surface area (TPSA) is 37.4 Å². The van der Waals surface area contributed by atoms with Crippen molar-refractivity contribution in [1.29, 1.82) is 0 Å². The maximum absolute atomic E-state index is 13.0. The predicted molar refractivity (Wildman–Crippen MR) is 111 cm³/mol. The van der Waals surface area contributed by atoms with Crippen molar-refractivity contribution in [2.75, 3.05) is 13.1 Å². The minimum absolute atomic E-state index is 0.0528. The number of likely N-dealkylation sites (tertiary alicyclic amines) is 1. The summed E-state index contributed by atoms with van der Waals surface area (Å²) in [7, 11) is 0. The molecular formula is C25H35NO2. The zero-order valence-electron chi connectivity index (χ0n) is 17.6. The van der Waals surface area contributed by atoms with Gasteiger partial charge in [-0.1, -0.05) is 26.0 Å². The quantitative estimate of drug-likeness (QED) is 0.636. The number of carbonyl (C=O) groups excluding carboxylic acids is 2. The van der Waals surface area contributed by atoms with Gasteiger partial charge in [0.1, 0.15) is 5.78 Å². The molecule has 0 unspecified atom stereocenters. The molecular weight excluding hydrogens is 346 g/mol. The highest BCUT2D eigenvalue weighted by molar-refractivity contribution is 5.94. The first-order valence-corrected chi connectivity index (χ1v) is 11.7. The third kappa shape index (κ3) is 2.60. The van der Waals surface area contributed by atoms with Crippen LogP contribution in [0.15, 0.2) is 23.3 Å². The van der Waals surface area contributed by atoms with E-state index in [2.05, 4.69) is 30.9 Å². The van der Waals surface area contributed by atoms with Crippen LogP contribution < -0.4 is 0 Å². The second-order valence-electron chi connectivity index (χ2n) is 10.6. The number of rotatable bonds is 1. The van der Waals surface area contributed by atoms with Crippen LogP contribution in [0, 0.1) is 28.6 Å². The Morgan fingerprint density at radius 2 is 1.75 bits per heavy atom. The maximum atomic E-state index is 13.0. The summed E-state index contributed by atoms with van der Waals surface area (Å²) < 4.78 is 0. The van der Waals surface area contributed by atoms with Crippen molar-refractivity contribution in [1.82, 2.24) is 4.90 Å². The number of amides is 1. The number of fused-ring (bicyclic) bond motifs is 5. The molecule has 4 aliphatic carbocycles. The van der Waals surface area contributed by atoms with E-state index < -0.39 is 0 Å². The molecule has 0 aromatic carbocycles. The average molecular weight is 382 g/mol. The summed E-state index contributed by atoms with van der Waals surface area (Å²) >= 11 is 0. The summed E-state index contributed by atoms with van der Waals surface area (Å²) in [6, 6.07) is 0. The standard InChI is InChI=1S/C25H35NO2/c1-24-12-10-17(23(28)26-14-4-3-5-15-26)16-18(24)6-7-19-20-8-9-22(27)25(20,2)13-11-21(19)24/h6,16,19-21H,3-5,7-15H2,1-2H3/t19-,20-,21-,24-,25-/m0/s1. The molecule has 0 aromatic heterocycles. The molecule has 0 N–H and O–H groups in total. The summed E-state index contributed by atoms with van der Waals surface area (Å²) in [5.41, 5.74) is 2.61. The Kier molecular flexibility index (Phi) is 4.37. The van der Waals surface area contributed by atoms with E-state index in [0.717, 1.165) is 70.0 Å². The van der Waals surface area contributed by atoms with Gasteiger partial charge in [0.25, 0.3) is 0 Å². The van der Waals surface area contributed by atoms with Gasteiger partial charge in [0, 0.05) is 30.5 Å². The lowest BCUT2D eigenvalue weighted by Crippen LogP contribution is -2.49. The summed E-state index contributed by atoms with van der Waals surface area (Å²) in [4.78, 5) is 27.7. The van der Waals surface area contributed by atoms with Gasteiger partial charge in [-0.2, -0.15) is 0 Å². The third-order valence-corrected chi connectivity index (χ3v) is 9.40. The molecule has 3 heteroatoms. The molecule has 5 atom stereocenters. The summed E-state index contributed by atoms with van der Waals surface area (Å²) in [6.45, 7) is 6.58. The maximum Gasteiger partial charge on any atom is 0.249 e. The highest BCUT2D eigenvalue weighted by Gasteiger charge is 2.58. The van der Waals surface area contributed by atoms with E-state index in [0.29, 0.717) is 29.4 Å². The van der Waals surface area contributed by atoms with Gasteiger partial charge < -0.3 is 4.90 Å². The lowest BCUT2D eigenvalue weighted by atomic mass is 9.48. The van der Waals surface area contributed by atoms with Gasteiger partial charge in [-0.25, -0.2) is 0 Å². The van der Waals surface area contributed by atoms with E-state index in [1.807, 2.05) is 0 Å². The average Bonchev–Trinajstić information content (AvgIpc) is 3.02. The van der Waals surface area contributed by atoms with Crippen LogP contribution in [0.2, 0.25) is 0 Å². The lowest BCUT2D eigenvalue weighted by molar-refractivity contribution is -0.132. The van der Waals surface area contributed by atoms with E-state index in [1.54, 1.807) is 0 Å². The molecule has 0 radical (unpaired) electrons. The number of carbonyl (C=O) groups is 2. The summed E-state index contributed by atoms with van der Waals surface area (Å²) in [5, 5.41) is 0. The number of nitrogens with zero attached hydrogens (tertiary/aromatic N) is 1. The normalized spacial score (nSPS) is 42.9. The molecule has 28 heavy (non-hydrogen) atoms. The number of Topliss-reactive ketones (excluding diaryl/α,β-unsaturated/α-hetero) is 1. The summed E-state index contributed by atoms with van der Waals surface area (Å²) in [5.74, 6) is 2.73. The first-order chi connectivity index (χ1) is 13.4. The van der Waals surface area contributed by atoms with Gasteiger partial charge in [-0.15, -0.1) is 0 Å². The van der Waals surface area contributed by atoms with Crippen molar-refractivity contribution in [3.63, 3.8) is 0 Å². The molecule has 1 heterocycles. The Hall–Kier alpha value is -1.38. The lowest BCUT2D eigenvalue weighted by Gasteiger charge is -2.55. The van der Waals surface area contributed by atoms with Crippen LogP contribution in [0.3, 0.4) is 0 Å². The van der Waals surface area contributed by atoms with Crippen molar-refractivity contribution in [2.24, 2.45) is 28.6 Å². The molecule has 3 fully saturated rings. The van der Waals surface area contributed by atoms with Gasteiger partial charge in [-0.3, -0.25) is 9.59 Å². The van der Waals surface area contributed by atoms with Crippen LogP contribution >= 0.6 is 0 Å². The highest BCUT2D eigenvalue weighted by Crippen LogP contribution is 2.63. The number of hydrogen-bond acceptors (Lipinski definition) is 2. The fourth-order valence-corrected chi connectivity index (χ4v) is 7.57. The van der Waals surface area contributed by atoms with Crippen molar-refractivity contribution in [3.05, 3.63) is 23.3 Å². The van der Waals surface area contributed by atoms with Gasteiger partial charge in [-0.05, 0) is 86.5 Å². The van der Waals surface area contributed by atoms with E-state index in [4.69, 9.17) is 0 Å². The Morgan fingerprint density at radius 3 is 2.54 bits per heavy atom. The largest absolute Gasteiger partial charge is 0.339 e. The molecule has 1 saturated heterocycles. The Morgan fingerprint density at radius 1 is 1.00 bits per heavy atom. The fraction of sp³-hybridized carbons (Fsp3) is 0.760. The number of allylic oxidation sites excluding steroid dienone is 3. The SMILES string of the molecule is C[C@]12CCC(C(=O)N3CCCCC3)=CC1=CC[C@@H]1[C@@H]2CC[C@]2(C)C(=O)CC[C@@H]12. The molecule has 152 valence electrons. The van der Waals surface area contributed by atoms with Crippen LogP contribution in [0.25, 0.3) is 0 Å². The number of piperidine rings is 1. The number of ketones is 1. The second kappa shape index (κ2) is 6.57. The molecule has 5 rings (SSSR count). The number of hydrogen-bond donors (Lipinski definition) is 0. The molecule has 1 aliphatic heterocycles. The van der Waals surface area contributed by atoms with Crippen molar-refractivity contribution >= 4 is 11.7 Å². The van der Waals surface area contributed by atoms with E-state index in [1.165, 1.54) is 18.4 Å². The summed E-state index contributed by atoms with van der Waals surface area (Å²) in [6.07, 6.45) is 15.6.